The van der Waals surface area contributed by atoms with Crippen LogP contribution in [0.25, 0.3) is 0 Å². The zero-order valence-electron chi connectivity index (χ0n) is 15.1. The second-order valence-electron chi connectivity index (χ2n) is 5.71. The Morgan fingerprint density at radius 1 is 1.07 bits per heavy atom. The van der Waals surface area contributed by atoms with Crippen LogP contribution in [-0.4, -0.2) is 31.1 Å². The van der Waals surface area contributed by atoms with E-state index in [4.69, 9.17) is 0 Å². The third-order valence-corrected chi connectivity index (χ3v) is 3.53. The maximum atomic E-state index is 12.7. The maximum Gasteiger partial charge on any atom is 0.416 e. The highest BCUT2D eigenvalue weighted by Crippen LogP contribution is 2.30. The van der Waals surface area contributed by atoms with Gasteiger partial charge in [-0.05, 0) is 35.9 Å². The summed E-state index contributed by atoms with van der Waals surface area (Å²) < 4.78 is 42.5. The van der Waals surface area contributed by atoms with Crippen molar-refractivity contribution in [3.05, 3.63) is 65.2 Å². The number of carbonyl (C=O) groups excluding carboxylic acids is 3. The second-order valence-corrected chi connectivity index (χ2v) is 5.71. The molecule has 2 amide bonds. The number of methoxy groups -OCH3 is 1. The summed E-state index contributed by atoms with van der Waals surface area (Å²) in [5.74, 6) is -2.04. The van der Waals surface area contributed by atoms with Crippen LogP contribution in [0.4, 0.5) is 18.9 Å². The molecule has 0 aliphatic heterocycles. The summed E-state index contributed by atoms with van der Waals surface area (Å²) in [6, 6.07) is 10.2. The highest BCUT2D eigenvalue weighted by molar-refractivity contribution is 6.03. The number of halogens is 3. The number of ether oxygens (including phenoxy) is 1. The lowest BCUT2D eigenvalue weighted by atomic mass is 10.1. The van der Waals surface area contributed by atoms with Crippen molar-refractivity contribution in [2.75, 3.05) is 12.4 Å². The molecule has 0 aliphatic rings. The first kappa shape index (κ1) is 21.6. The number of anilines is 1. The van der Waals surface area contributed by atoms with E-state index in [-0.39, 0.29) is 5.69 Å². The monoisotopic (exact) mass is 407 g/mol. The van der Waals surface area contributed by atoms with E-state index < -0.39 is 35.9 Å². The summed E-state index contributed by atoms with van der Waals surface area (Å²) in [6.07, 6.45) is -3.87. The third kappa shape index (κ3) is 6.76. The molecule has 0 bridgehead atoms. The fourth-order valence-corrected chi connectivity index (χ4v) is 2.17. The first-order valence-corrected chi connectivity index (χ1v) is 8.16. The minimum Gasteiger partial charge on any atom is -0.465 e. The van der Waals surface area contributed by atoms with E-state index in [1.54, 1.807) is 12.1 Å². The summed E-state index contributed by atoms with van der Waals surface area (Å²) >= 11 is 0. The number of amides is 2. The summed E-state index contributed by atoms with van der Waals surface area (Å²) in [5.41, 5.74) is 2.06. The first-order chi connectivity index (χ1) is 13.7. The molecule has 152 valence electrons. The van der Waals surface area contributed by atoms with Crippen molar-refractivity contribution >= 4 is 29.7 Å². The SMILES string of the molecule is COC(=O)c1ccc(C=NNC(=O)CC(=O)Nc2cccc(C(F)(F)F)c2)cc1. The van der Waals surface area contributed by atoms with Gasteiger partial charge in [-0.2, -0.15) is 18.3 Å². The highest BCUT2D eigenvalue weighted by atomic mass is 19.4. The molecule has 0 heterocycles. The molecular formula is C19H16F3N3O4. The van der Waals surface area contributed by atoms with E-state index in [0.717, 1.165) is 18.2 Å². The van der Waals surface area contributed by atoms with Gasteiger partial charge in [-0.25, -0.2) is 10.2 Å². The Hall–Kier alpha value is -3.69. The van der Waals surface area contributed by atoms with Crippen molar-refractivity contribution in [3.8, 4) is 0 Å². The Labute approximate surface area is 163 Å². The van der Waals surface area contributed by atoms with Crippen LogP contribution in [0.15, 0.2) is 53.6 Å². The lowest BCUT2D eigenvalue weighted by molar-refractivity contribution is -0.137. The Bertz CT molecular complexity index is 925. The average molecular weight is 407 g/mol. The van der Waals surface area contributed by atoms with E-state index in [2.05, 4.69) is 20.6 Å². The normalized spacial score (nSPS) is 11.2. The lowest BCUT2D eigenvalue weighted by Gasteiger charge is -2.09. The number of benzene rings is 2. The standard InChI is InChI=1S/C19H16F3N3O4/c1-29-18(28)13-7-5-12(6-8-13)11-23-25-17(27)10-16(26)24-15-4-2-3-14(9-15)19(20,21)22/h2-9,11H,10H2,1H3,(H,24,26)(H,25,27). The van der Waals surface area contributed by atoms with Gasteiger partial charge in [-0.3, -0.25) is 9.59 Å². The topological polar surface area (TPSA) is 96.9 Å². The van der Waals surface area contributed by atoms with Gasteiger partial charge in [0, 0.05) is 5.69 Å². The van der Waals surface area contributed by atoms with Crippen LogP contribution in [0.1, 0.15) is 27.9 Å². The zero-order chi connectivity index (χ0) is 21.4. The van der Waals surface area contributed by atoms with E-state index in [1.165, 1.54) is 31.5 Å². The molecule has 2 aromatic rings. The number of alkyl halides is 3. The van der Waals surface area contributed by atoms with Crippen LogP contribution in [0.5, 0.6) is 0 Å². The number of hydrogen-bond donors (Lipinski definition) is 2. The van der Waals surface area contributed by atoms with Crippen molar-refractivity contribution < 1.29 is 32.3 Å². The largest absolute Gasteiger partial charge is 0.465 e. The molecular weight excluding hydrogens is 391 g/mol. The van der Waals surface area contributed by atoms with Gasteiger partial charge >= 0.3 is 12.1 Å². The van der Waals surface area contributed by atoms with Crippen LogP contribution in [0.2, 0.25) is 0 Å². The van der Waals surface area contributed by atoms with Crippen LogP contribution in [0, 0.1) is 0 Å². The van der Waals surface area contributed by atoms with Gasteiger partial charge in [0.2, 0.25) is 11.8 Å². The number of hydrogen-bond acceptors (Lipinski definition) is 5. The Morgan fingerprint density at radius 2 is 1.76 bits per heavy atom. The fraction of sp³-hybridized carbons (Fsp3) is 0.158. The van der Waals surface area contributed by atoms with Crippen molar-refractivity contribution in [2.45, 2.75) is 12.6 Å². The van der Waals surface area contributed by atoms with Crippen LogP contribution in [0.3, 0.4) is 0 Å². The number of nitrogens with zero attached hydrogens (tertiary/aromatic N) is 1. The minimum atomic E-state index is -4.54. The van der Waals surface area contributed by atoms with Gasteiger partial charge in [0.15, 0.2) is 0 Å². The predicted molar refractivity (Wildman–Crippen MR) is 98.2 cm³/mol. The first-order valence-electron chi connectivity index (χ1n) is 8.16. The molecule has 0 spiro atoms. The molecule has 2 N–H and O–H groups in total. The van der Waals surface area contributed by atoms with Crippen molar-refractivity contribution in [1.82, 2.24) is 5.43 Å². The van der Waals surface area contributed by atoms with Crippen molar-refractivity contribution in [1.29, 1.82) is 0 Å². The molecule has 10 heteroatoms. The average Bonchev–Trinajstić information content (AvgIpc) is 2.67. The molecule has 29 heavy (non-hydrogen) atoms. The summed E-state index contributed by atoms with van der Waals surface area (Å²) in [7, 11) is 1.26. The number of rotatable bonds is 6. The summed E-state index contributed by atoms with van der Waals surface area (Å²) in [6.45, 7) is 0. The van der Waals surface area contributed by atoms with Gasteiger partial charge in [-0.15, -0.1) is 0 Å². The Balaban J connectivity index is 1.85. The van der Waals surface area contributed by atoms with Crippen LogP contribution >= 0.6 is 0 Å². The number of hydrazone groups is 1. The summed E-state index contributed by atoms with van der Waals surface area (Å²) in [5, 5.41) is 5.89. The maximum absolute atomic E-state index is 12.7. The number of carbonyl (C=O) groups is 3. The molecule has 0 atom stereocenters. The molecule has 0 unspecified atom stereocenters. The van der Waals surface area contributed by atoms with Crippen molar-refractivity contribution in [2.24, 2.45) is 5.10 Å². The minimum absolute atomic E-state index is 0.0770. The van der Waals surface area contributed by atoms with Gasteiger partial charge in [-0.1, -0.05) is 18.2 Å². The van der Waals surface area contributed by atoms with Gasteiger partial charge in [0.25, 0.3) is 0 Å². The van der Waals surface area contributed by atoms with Gasteiger partial charge in [0.05, 0.1) is 24.5 Å². The summed E-state index contributed by atoms with van der Waals surface area (Å²) in [4.78, 5) is 34.8. The molecule has 0 fully saturated rings. The number of esters is 1. The lowest BCUT2D eigenvalue weighted by Crippen LogP contribution is -2.24. The Morgan fingerprint density at radius 3 is 2.38 bits per heavy atom. The molecule has 2 aromatic carbocycles. The van der Waals surface area contributed by atoms with E-state index in [0.29, 0.717) is 11.1 Å². The van der Waals surface area contributed by atoms with E-state index in [1.807, 2.05) is 0 Å². The molecule has 0 saturated carbocycles. The highest BCUT2D eigenvalue weighted by Gasteiger charge is 2.30. The number of nitrogens with one attached hydrogen (secondary N) is 2. The molecule has 0 saturated heterocycles. The zero-order valence-corrected chi connectivity index (χ0v) is 15.1. The van der Waals surface area contributed by atoms with E-state index >= 15 is 0 Å². The molecule has 7 nitrogen and oxygen atoms in total. The van der Waals surface area contributed by atoms with Gasteiger partial charge in [0.1, 0.15) is 6.42 Å². The van der Waals surface area contributed by atoms with Crippen LogP contribution in [-0.2, 0) is 20.5 Å². The molecule has 2 rings (SSSR count). The molecule has 0 aromatic heterocycles. The quantitative estimate of drug-likeness (QED) is 0.333. The van der Waals surface area contributed by atoms with E-state index in [9.17, 15) is 27.6 Å². The predicted octanol–water partition coefficient (Wildman–Crippen LogP) is 2.97. The van der Waals surface area contributed by atoms with Crippen LogP contribution < -0.4 is 10.7 Å². The van der Waals surface area contributed by atoms with Crippen molar-refractivity contribution in [3.63, 3.8) is 0 Å². The molecule has 0 radical (unpaired) electrons. The fourth-order valence-electron chi connectivity index (χ4n) is 2.17. The second kappa shape index (κ2) is 9.49. The smallest absolute Gasteiger partial charge is 0.416 e. The Kier molecular flexibility index (Phi) is 7.07. The third-order valence-electron chi connectivity index (χ3n) is 3.53. The van der Waals surface area contributed by atoms with Gasteiger partial charge < -0.3 is 10.1 Å². The molecule has 0 aliphatic carbocycles.